The lowest BCUT2D eigenvalue weighted by Gasteiger charge is -2.08. The van der Waals surface area contributed by atoms with Gasteiger partial charge >= 0.3 is 0 Å². The molecule has 0 bridgehead atoms. The van der Waals surface area contributed by atoms with Crippen LogP contribution in [0.2, 0.25) is 0 Å². The Morgan fingerprint density at radius 1 is 1.25 bits per heavy atom. The van der Waals surface area contributed by atoms with E-state index in [1.165, 1.54) is 16.5 Å². The summed E-state index contributed by atoms with van der Waals surface area (Å²) in [5.74, 6) is 1.66. The van der Waals surface area contributed by atoms with Crippen molar-refractivity contribution in [1.82, 2.24) is 15.0 Å². The Bertz CT molecular complexity index is 1150. The van der Waals surface area contributed by atoms with Gasteiger partial charge in [-0.25, -0.2) is 15.0 Å². The zero-order valence-corrected chi connectivity index (χ0v) is 17.1. The lowest BCUT2D eigenvalue weighted by atomic mass is 10.0. The lowest BCUT2D eigenvalue weighted by Crippen LogP contribution is -2.06. The summed E-state index contributed by atoms with van der Waals surface area (Å²) in [4.78, 5) is 15.5. The molecule has 0 aliphatic heterocycles. The van der Waals surface area contributed by atoms with E-state index in [2.05, 4.69) is 10.3 Å². The zero-order chi connectivity index (χ0) is 19.1. The molecule has 0 radical (unpaired) electrons. The molecule has 4 aromatic rings. The van der Waals surface area contributed by atoms with Crippen molar-refractivity contribution < 1.29 is 9.52 Å². The molecule has 6 nitrogen and oxygen atoms in total. The van der Waals surface area contributed by atoms with Gasteiger partial charge in [0.25, 0.3) is 0 Å². The van der Waals surface area contributed by atoms with Gasteiger partial charge in [-0.3, -0.25) is 0 Å². The number of anilines is 1. The highest BCUT2D eigenvalue weighted by atomic mass is 32.2. The van der Waals surface area contributed by atoms with Crippen molar-refractivity contribution in [2.45, 2.75) is 30.8 Å². The second kappa shape index (κ2) is 7.35. The molecule has 4 heterocycles. The smallest absolute Gasteiger partial charge is 0.189 e. The van der Waals surface area contributed by atoms with Crippen LogP contribution in [0.15, 0.2) is 28.0 Å². The number of furan rings is 1. The fourth-order valence-corrected chi connectivity index (χ4v) is 5.34. The van der Waals surface area contributed by atoms with Gasteiger partial charge in [0.05, 0.1) is 16.5 Å². The number of rotatable bonds is 6. The van der Waals surface area contributed by atoms with Gasteiger partial charge in [0.2, 0.25) is 0 Å². The van der Waals surface area contributed by atoms with Gasteiger partial charge < -0.3 is 14.8 Å². The first-order valence-corrected chi connectivity index (χ1v) is 11.4. The summed E-state index contributed by atoms with van der Waals surface area (Å²) >= 11 is 3.17. The molecule has 0 saturated heterocycles. The largest absolute Gasteiger partial charge is 0.463 e. The summed E-state index contributed by atoms with van der Waals surface area (Å²) in [5, 5.41) is 14.4. The van der Waals surface area contributed by atoms with Gasteiger partial charge in [-0.1, -0.05) is 11.8 Å². The minimum Gasteiger partial charge on any atom is -0.463 e. The number of aliphatic hydroxyl groups excluding tert-OH is 1. The average Bonchev–Trinajstić information content (AvgIpc) is 3.45. The van der Waals surface area contributed by atoms with Crippen molar-refractivity contribution >= 4 is 49.3 Å². The van der Waals surface area contributed by atoms with Gasteiger partial charge in [-0.15, -0.1) is 11.3 Å². The number of aromatic nitrogens is 3. The number of hydrogen-bond donors (Lipinski definition) is 2. The molecular formula is C20H20N4O2S2. The van der Waals surface area contributed by atoms with E-state index in [1.807, 2.05) is 18.4 Å². The van der Waals surface area contributed by atoms with Crippen LogP contribution in [0.25, 0.3) is 31.9 Å². The van der Waals surface area contributed by atoms with Crippen LogP contribution >= 0.6 is 23.1 Å². The molecule has 8 heteroatoms. The van der Waals surface area contributed by atoms with Crippen LogP contribution in [0.1, 0.15) is 24.0 Å². The van der Waals surface area contributed by atoms with Crippen LogP contribution in [0.5, 0.6) is 0 Å². The van der Waals surface area contributed by atoms with Crippen LogP contribution in [-0.4, -0.2) is 39.5 Å². The van der Waals surface area contributed by atoms with Crippen molar-refractivity contribution in [3.63, 3.8) is 0 Å². The number of thioether (sulfide) groups is 1. The van der Waals surface area contributed by atoms with Crippen molar-refractivity contribution in [2.75, 3.05) is 24.7 Å². The standard InChI is InChI=1S/C20H20N4O2S2/c1-27-20-23-16-14-11-5-2-6-12(11)15(13-7-3-10-26-13)22-19(14)28-17(16)18(24-20)21-8-4-9-25/h3,7,10,25H,2,4-6,8-9H2,1H3,(H,21,23,24). The third-order valence-corrected chi connectivity index (χ3v) is 6.71. The molecule has 0 unspecified atom stereocenters. The molecule has 0 amide bonds. The van der Waals surface area contributed by atoms with Gasteiger partial charge in [-0.2, -0.15) is 0 Å². The van der Waals surface area contributed by atoms with Crippen LogP contribution in [-0.2, 0) is 12.8 Å². The second-order valence-corrected chi connectivity index (χ2v) is 8.54. The van der Waals surface area contributed by atoms with Crippen molar-refractivity contribution in [3.8, 4) is 11.5 Å². The molecule has 0 aromatic carbocycles. The summed E-state index contributed by atoms with van der Waals surface area (Å²) in [6.07, 6.45) is 7.57. The van der Waals surface area contributed by atoms with E-state index >= 15 is 0 Å². The molecule has 0 spiro atoms. The molecule has 144 valence electrons. The molecule has 4 aromatic heterocycles. The topological polar surface area (TPSA) is 84.1 Å². The molecular weight excluding hydrogens is 392 g/mol. The summed E-state index contributed by atoms with van der Waals surface area (Å²) in [6.45, 7) is 0.832. The van der Waals surface area contributed by atoms with E-state index in [-0.39, 0.29) is 6.61 Å². The van der Waals surface area contributed by atoms with E-state index in [4.69, 9.17) is 19.5 Å². The van der Waals surface area contributed by atoms with Crippen LogP contribution in [0, 0.1) is 0 Å². The highest BCUT2D eigenvalue weighted by Crippen LogP contribution is 2.44. The second-order valence-electron chi connectivity index (χ2n) is 6.77. The highest BCUT2D eigenvalue weighted by Gasteiger charge is 2.26. The van der Waals surface area contributed by atoms with Crippen molar-refractivity contribution in [2.24, 2.45) is 0 Å². The maximum absolute atomic E-state index is 9.11. The van der Waals surface area contributed by atoms with Crippen LogP contribution in [0.3, 0.4) is 0 Å². The number of hydrogen-bond acceptors (Lipinski definition) is 8. The molecule has 0 atom stereocenters. The summed E-state index contributed by atoms with van der Waals surface area (Å²) in [7, 11) is 0. The molecule has 5 rings (SSSR count). The number of fused-ring (bicyclic) bond motifs is 5. The van der Waals surface area contributed by atoms with Gasteiger partial charge in [-0.05, 0) is 55.2 Å². The fourth-order valence-electron chi connectivity index (χ4n) is 3.86. The third kappa shape index (κ3) is 2.87. The minimum absolute atomic E-state index is 0.157. The number of nitrogens with one attached hydrogen (secondary N) is 1. The Morgan fingerprint density at radius 2 is 2.14 bits per heavy atom. The van der Waals surface area contributed by atoms with E-state index in [9.17, 15) is 0 Å². The molecule has 1 aliphatic rings. The Kier molecular flexibility index (Phi) is 4.70. The first-order chi connectivity index (χ1) is 13.8. The predicted octanol–water partition coefficient (Wildman–Crippen LogP) is 4.50. The Morgan fingerprint density at radius 3 is 2.93 bits per heavy atom. The summed E-state index contributed by atoms with van der Waals surface area (Å²) in [5.41, 5.74) is 4.60. The third-order valence-electron chi connectivity index (χ3n) is 5.08. The number of nitrogens with zero attached hydrogens (tertiary/aromatic N) is 3. The quantitative estimate of drug-likeness (QED) is 0.274. The SMILES string of the molecule is CSc1nc(NCCCO)c2sc3nc(-c4ccco4)c4c(c3c2n1)CCC4. The molecule has 0 saturated carbocycles. The maximum atomic E-state index is 9.11. The van der Waals surface area contributed by atoms with E-state index in [0.29, 0.717) is 13.0 Å². The minimum atomic E-state index is 0.157. The van der Waals surface area contributed by atoms with E-state index < -0.39 is 0 Å². The Labute approximate surface area is 170 Å². The Balaban J connectivity index is 1.77. The number of aryl methyl sites for hydroxylation is 1. The summed E-state index contributed by atoms with van der Waals surface area (Å²) in [6, 6.07) is 3.89. The fraction of sp³-hybridized carbons (Fsp3) is 0.350. The number of thiophene rings is 1. The van der Waals surface area contributed by atoms with Crippen LogP contribution < -0.4 is 5.32 Å². The van der Waals surface area contributed by atoms with Gasteiger partial charge in [0, 0.05) is 18.5 Å². The Hall–Kier alpha value is -2.16. The molecule has 28 heavy (non-hydrogen) atoms. The van der Waals surface area contributed by atoms with Gasteiger partial charge in [0.1, 0.15) is 16.3 Å². The number of aliphatic hydroxyl groups is 1. The summed E-state index contributed by atoms with van der Waals surface area (Å²) < 4.78 is 6.70. The van der Waals surface area contributed by atoms with Crippen molar-refractivity contribution in [3.05, 3.63) is 29.5 Å². The monoisotopic (exact) mass is 412 g/mol. The first kappa shape index (κ1) is 17.9. The molecule has 0 fully saturated rings. The van der Waals surface area contributed by atoms with E-state index in [0.717, 1.165) is 56.7 Å². The maximum Gasteiger partial charge on any atom is 0.189 e. The van der Waals surface area contributed by atoms with Gasteiger partial charge in [0.15, 0.2) is 10.9 Å². The number of pyridine rings is 1. The molecule has 2 N–H and O–H groups in total. The average molecular weight is 413 g/mol. The molecule has 1 aliphatic carbocycles. The highest BCUT2D eigenvalue weighted by molar-refractivity contribution is 7.98. The predicted molar refractivity (Wildman–Crippen MR) is 114 cm³/mol. The van der Waals surface area contributed by atoms with E-state index in [1.54, 1.807) is 29.4 Å². The van der Waals surface area contributed by atoms with Crippen LogP contribution in [0.4, 0.5) is 5.82 Å². The lowest BCUT2D eigenvalue weighted by molar-refractivity contribution is 0.292. The first-order valence-electron chi connectivity index (χ1n) is 9.38. The van der Waals surface area contributed by atoms with Crippen molar-refractivity contribution in [1.29, 1.82) is 0 Å². The normalized spacial score (nSPS) is 13.5. The zero-order valence-electron chi connectivity index (χ0n) is 15.5.